The van der Waals surface area contributed by atoms with Crippen LogP contribution >= 0.6 is 0 Å². The lowest BCUT2D eigenvalue weighted by Gasteiger charge is -2.23. The first-order valence-electron chi connectivity index (χ1n) is 6.82. The zero-order valence-electron chi connectivity index (χ0n) is 11.0. The van der Waals surface area contributed by atoms with E-state index in [0.717, 1.165) is 6.54 Å². The molecule has 0 unspecified atom stereocenters. The van der Waals surface area contributed by atoms with Crippen molar-refractivity contribution in [1.29, 1.82) is 0 Å². The maximum absolute atomic E-state index is 12.3. The van der Waals surface area contributed by atoms with E-state index in [1.54, 1.807) is 7.05 Å². The quantitative estimate of drug-likeness (QED) is 0.712. The fourth-order valence-electron chi connectivity index (χ4n) is 4.30. The molecule has 4 nitrogen and oxygen atoms in total. The van der Waals surface area contributed by atoms with Gasteiger partial charge in [-0.2, -0.15) is 0 Å². The first kappa shape index (κ1) is 11.2. The fourth-order valence-corrected chi connectivity index (χ4v) is 4.30. The summed E-state index contributed by atoms with van der Waals surface area (Å²) in [5, 5.41) is 0. The van der Waals surface area contributed by atoms with Crippen LogP contribution in [-0.4, -0.2) is 35.2 Å². The third-order valence-corrected chi connectivity index (χ3v) is 5.01. The van der Waals surface area contributed by atoms with Gasteiger partial charge in [0.25, 0.3) is 0 Å². The van der Waals surface area contributed by atoms with E-state index in [2.05, 4.69) is 24.0 Å². The third kappa shape index (κ3) is 1.09. The van der Waals surface area contributed by atoms with Crippen molar-refractivity contribution in [2.75, 3.05) is 13.6 Å². The number of carbonyl (C=O) groups is 2. The molecule has 0 N–H and O–H groups in total. The monoisotopic (exact) mass is 256 g/mol. The van der Waals surface area contributed by atoms with Crippen LogP contribution in [0.5, 0.6) is 0 Å². The number of benzene rings is 1. The van der Waals surface area contributed by atoms with E-state index in [4.69, 9.17) is 0 Å². The Hall–Kier alpha value is -1.68. The molecule has 1 aromatic rings. The molecule has 0 radical (unpaired) electrons. The van der Waals surface area contributed by atoms with Crippen LogP contribution in [0.1, 0.15) is 30.1 Å². The maximum atomic E-state index is 12.3. The zero-order valence-corrected chi connectivity index (χ0v) is 11.0. The number of amides is 2. The zero-order chi connectivity index (χ0) is 13.3. The molecule has 19 heavy (non-hydrogen) atoms. The molecular weight excluding hydrogens is 240 g/mol. The number of hydrogen-bond donors (Lipinski definition) is 0. The Balaban J connectivity index is 1.92. The van der Waals surface area contributed by atoms with Crippen molar-refractivity contribution in [3.8, 4) is 0 Å². The Morgan fingerprint density at radius 2 is 1.47 bits per heavy atom. The van der Waals surface area contributed by atoms with Gasteiger partial charge in [-0.3, -0.25) is 19.4 Å². The van der Waals surface area contributed by atoms with Crippen molar-refractivity contribution in [2.45, 2.75) is 19.0 Å². The van der Waals surface area contributed by atoms with Crippen molar-refractivity contribution >= 4 is 11.8 Å². The van der Waals surface area contributed by atoms with Crippen molar-refractivity contribution < 1.29 is 9.59 Å². The second-order valence-corrected chi connectivity index (χ2v) is 5.64. The molecule has 98 valence electrons. The largest absolute Gasteiger partial charge is 0.288 e. The molecule has 0 saturated carbocycles. The smallest absolute Gasteiger partial charge is 0.234 e. The minimum atomic E-state index is -0.169. The molecule has 4 atom stereocenters. The number of likely N-dealkylation sites (tertiary alicyclic amines) is 1. The van der Waals surface area contributed by atoms with E-state index in [9.17, 15) is 9.59 Å². The Bertz CT molecular complexity index is 549. The topological polar surface area (TPSA) is 40.6 Å². The van der Waals surface area contributed by atoms with Crippen molar-refractivity contribution in [1.82, 2.24) is 9.80 Å². The SMILES string of the molecule is CCN1[C@@H]2c3ccccc3[C@H]1[C@H]1C(=O)N(C)C(=O)[C@H]12. The molecule has 3 aliphatic heterocycles. The highest BCUT2D eigenvalue weighted by molar-refractivity contribution is 6.06. The predicted octanol–water partition coefficient (Wildman–Crippen LogP) is 1.35. The standard InChI is InChI=1S/C15H16N2O2/c1-3-17-12-8-6-4-5-7-9(8)13(17)11-10(12)14(18)16(2)15(11)19/h4-7,10-13H,3H2,1-2H3/t10-,11+,12-,13+. The fraction of sp³-hybridized carbons (Fsp3) is 0.467. The number of fused-ring (bicyclic) bond motifs is 8. The van der Waals surface area contributed by atoms with Crippen molar-refractivity contribution in [3.63, 3.8) is 0 Å². The van der Waals surface area contributed by atoms with E-state index in [0.29, 0.717) is 0 Å². The van der Waals surface area contributed by atoms with Gasteiger partial charge in [-0.05, 0) is 17.7 Å². The van der Waals surface area contributed by atoms with Gasteiger partial charge < -0.3 is 0 Å². The summed E-state index contributed by atoms with van der Waals surface area (Å²) in [7, 11) is 1.61. The maximum Gasteiger partial charge on any atom is 0.234 e. The van der Waals surface area contributed by atoms with Gasteiger partial charge in [-0.1, -0.05) is 31.2 Å². The average Bonchev–Trinajstić information content (AvgIpc) is 3.01. The molecule has 3 aliphatic rings. The van der Waals surface area contributed by atoms with E-state index in [-0.39, 0.29) is 35.7 Å². The second kappa shape index (κ2) is 3.45. The minimum Gasteiger partial charge on any atom is -0.288 e. The Kier molecular flexibility index (Phi) is 2.03. The van der Waals surface area contributed by atoms with Gasteiger partial charge in [0, 0.05) is 19.1 Å². The highest BCUT2D eigenvalue weighted by Crippen LogP contribution is 2.61. The molecule has 1 aromatic carbocycles. The second-order valence-electron chi connectivity index (χ2n) is 5.64. The first-order valence-corrected chi connectivity index (χ1v) is 6.82. The van der Waals surface area contributed by atoms with Gasteiger partial charge in [0.05, 0.1) is 11.8 Å². The average molecular weight is 256 g/mol. The normalized spacial score (nSPS) is 36.0. The van der Waals surface area contributed by atoms with Crippen LogP contribution in [0.15, 0.2) is 24.3 Å². The molecule has 3 heterocycles. The molecule has 0 aliphatic carbocycles. The number of nitrogens with zero attached hydrogens (tertiary/aromatic N) is 2. The Morgan fingerprint density at radius 1 is 1.00 bits per heavy atom. The summed E-state index contributed by atoms with van der Waals surface area (Å²) in [6, 6.07) is 8.44. The summed E-state index contributed by atoms with van der Waals surface area (Å²) in [4.78, 5) is 28.3. The Morgan fingerprint density at radius 3 is 1.89 bits per heavy atom. The molecule has 2 saturated heterocycles. The van der Waals surface area contributed by atoms with Gasteiger partial charge in [-0.15, -0.1) is 0 Å². The molecule has 0 spiro atoms. The van der Waals surface area contributed by atoms with Crippen molar-refractivity contribution in [3.05, 3.63) is 35.4 Å². The number of carbonyl (C=O) groups excluding carboxylic acids is 2. The van der Waals surface area contributed by atoms with Crippen LogP contribution in [-0.2, 0) is 9.59 Å². The Labute approximate surface area is 112 Å². The summed E-state index contributed by atoms with van der Waals surface area (Å²) in [6.45, 7) is 2.98. The highest BCUT2D eigenvalue weighted by Gasteiger charge is 2.65. The predicted molar refractivity (Wildman–Crippen MR) is 69.1 cm³/mol. The summed E-state index contributed by atoms with van der Waals surface area (Å²) in [5.74, 6) is -0.347. The van der Waals surface area contributed by atoms with Crippen molar-refractivity contribution in [2.24, 2.45) is 11.8 Å². The molecule has 2 amide bonds. The van der Waals surface area contributed by atoms with Crippen LogP contribution in [0, 0.1) is 11.8 Å². The molecular formula is C15H16N2O2. The van der Waals surface area contributed by atoms with Crippen LogP contribution in [0.4, 0.5) is 0 Å². The van der Waals surface area contributed by atoms with Gasteiger partial charge in [0.15, 0.2) is 0 Å². The van der Waals surface area contributed by atoms with Gasteiger partial charge in [0.2, 0.25) is 11.8 Å². The molecule has 0 aromatic heterocycles. The van der Waals surface area contributed by atoms with Gasteiger partial charge >= 0.3 is 0 Å². The number of rotatable bonds is 1. The van der Waals surface area contributed by atoms with E-state index >= 15 is 0 Å². The van der Waals surface area contributed by atoms with Gasteiger partial charge in [0.1, 0.15) is 0 Å². The van der Waals surface area contributed by atoms with Gasteiger partial charge in [-0.25, -0.2) is 0 Å². The molecule has 2 fully saturated rings. The van der Waals surface area contributed by atoms with E-state index in [1.165, 1.54) is 16.0 Å². The van der Waals surface area contributed by atoms with Crippen LogP contribution < -0.4 is 0 Å². The molecule has 4 heteroatoms. The molecule has 4 rings (SSSR count). The first-order chi connectivity index (χ1) is 9.16. The highest BCUT2D eigenvalue weighted by atomic mass is 16.2. The number of imide groups is 1. The lowest BCUT2D eigenvalue weighted by atomic mass is 9.77. The summed E-state index contributed by atoms with van der Waals surface area (Å²) < 4.78 is 0. The third-order valence-electron chi connectivity index (χ3n) is 5.01. The lowest BCUT2D eigenvalue weighted by Crippen LogP contribution is -2.33. The van der Waals surface area contributed by atoms with Crippen LogP contribution in [0.2, 0.25) is 0 Å². The number of hydrogen-bond acceptors (Lipinski definition) is 3. The van der Waals surface area contributed by atoms with E-state index < -0.39 is 0 Å². The van der Waals surface area contributed by atoms with Crippen LogP contribution in [0.3, 0.4) is 0 Å². The van der Waals surface area contributed by atoms with E-state index in [1.807, 2.05) is 12.1 Å². The van der Waals surface area contributed by atoms with Crippen LogP contribution in [0.25, 0.3) is 0 Å². The lowest BCUT2D eigenvalue weighted by molar-refractivity contribution is -0.139. The summed E-state index contributed by atoms with van der Waals surface area (Å²) in [5.41, 5.74) is 2.49. The summed E-state index contributed by atoms with van der Waals surface area (Å²) in [6.07, 6.45) is 0. The summed E-state index contributed by atoms with van der Waals surface area (Å²) >= 11 is 0. The molecule has 2 bridgehead atoms. The minimum absolute atomic E-state index is 0.00421.